The molecule has 3 N–H and O–H groups in total. The summed E-state index contributed by atoms with van der Waals surface area (Å²) in [6.07, 6.45) is 5.75. The van der Waals surface area contributed by atoms with Crippen LogP contribution < -0.4 is 11.1 Å². The molecule has 3 fully saturated rings. The molecular formula is C17H32N4O. The largest absolute Gasteiger partial charge is 0.354 e. The topological polar surface area (TPSA) is 61.6 Å². The molecule has 0 radical (unpaired) electrons. The van der Waals surface area contributed by atoms with Crippen molar-refractivity contribution in [3.8, 4) is 0 Å². The van der Waals surface area contributed by atoms with Gasteiger partial charge in [0.1, 0.15) is 0 Å². The number of carbonyl (C=O) groups excluding carboxylic acids is 1. The van der Waals surface area contributed by atoms with Crippen LogP contribution in [0.3, 0.4) is 0 Å². The second-order valence-electron chi connectivity index (χ2n) is 7.84. The number of amides is 1. The molecule has 0 aromatic heterocycles. The molecule has 5 heteroatoms. The van der Waals surface area contributed by atoms with E-state index in [4.69, 9.17) is 5.73 Å². The first-order valence-electron chi connectivity index (χ1n) is 8.96. The second-order valence-corrected chi connectivity index (χ2v) is 7.84. The molecule has 1 saturated heterocycles. The van der Waals surface area contributed by atoms with Gasteiger partial charge in [0, 0.05) is 44.2 Å². The number of nitrogens with one attached hydrogen (secondary N) is 1. The van der Waals surface area contributed by atoms with Crippen LogP contribution in [0.5, 0.6) is 0 Å². The third-order valence-corrected chi connectivity index (χ3v) is 6.28. The van der Waals surface area contributed by atoms with Crippen LogP contribution in [-0.4, -0.2) is 68.1 Å². The van der Waals surface area contributed by atoms with E-state index < -0.39 is 0 Å². The Morgan fingerprint density at radius 3 is 2.55 bits per heavy atom. The highest BCUT2D eigenvalue weighted by atomic mass is 16.1. The van der Waals surface area contributed by atoms with E-state index in [9.17, 15) is 4.79 Å². The van der Waals surface area contributed by atoms with Gasteiger partial charge in [0.2, 0.25) is 5.91 Å². The molecule has 22 heavy (non-hydrogen) atoms. The zero-order valence-corrected chi connectivity index (χ0v) is 14.1. The zero-order valence-electron chi connectivity index (χ0n) is 14.1. The van der Waals surface area contributed by atoms with Crippen molar-refractivity contribution in [3.05, 3.63) is 0 Å². The Morgan fingerprint density at radius 2 is 1.86 bits per heavy atom. The van der Waals surface area contributed by atoms with Gasteiger partial charge in [-0.15, -0.1) is 0 Å². The maximum atomic E-state index is 12.6. The van der Waals surface area contributed by atoms with Gasteiger partial charge in [-0.1, -0.05) is 6.42 Å². The van der Waals surface area contributed by atoms with E-state index in [0.29, 0.717) is 23.9 Å². The lowest BCUT2D eigenvalue weighted by Crippen LogP contribution is -2.55. The van der Waals surface area contributed by atoms with Gasteiger partial charge in [0.15, 0.2) is 0 Å². The average Bonchev–Trinajstić information content (AvgIpc) is 2.47. The van der Waals surface area contributed by atoms with Gasteiger partial charge in [0.25, 0.3) is 0 Å². The number of hydrogen-bond donors (Lipinski definition) is 2. The molecule has 1 heterocycles. The van der Waals surface area contributed by atoms with Crippen molar-refractivity contribution in [1.82, 2.24) is 15.1 Å². The highest BCUT2D eigenvalue weighted by molar-refractivity contribution is 5.78. The first-order valence-corrected chi connectivity index (χ1v) is 8.96. The number of carbonyl (C=O) groups is 1. The van der Waals surface area contributed by atoms with Crippen LogP contribution in [0.1, 0.15) is 32.1 Å². The van der Waals surface area contributed by atoms with Crippen molar-refractivity contribution in [2.45, 2.75) is 44.2 Å². The van der Waals surface area contributed by atoms with E-state index in [1.54, 1.807) is 0 Å². The Balaban J connectivity index is 1.50. The molecule has 3 rings (SSSR count). The molecule has 2 saturated carbocycles. The highest BCUT2D eigenvalue weighted by Gasteiger charge is 2.40. The van der Waals surface area contributed by atoms with Crippen molar-refractivity contribution in [3.63, 3.8) is 0 Å². The summed E-state index contributed by atoms with van der Waals surface area (Å²) in [6.45, 7) is 4.01. The van der Waals surface area contributed by atoms with Crippen LogP contribution in [0, 0.1) is 17.8 Å². The van der Waals surface area contributed by atoms with Crippen molar-refractivity contribution < 1.29 is 4.79 Å². The fourth-order valence-electron chi connectivity index (χ4n) is 4.69. The van der Waals surface area contributed by atoms with Crippen LogP contribution in [-0.2, 0) is 4.79 Å². The van der Waals surface area contributed by atoms with Crippen LogP contribution in [0.15, 0.2) is 0 Å². The van der Waals surface area contributed by atoms with Gasteiger partial charge in [0.05, 0.1) is 0 Å². The third kappa shape index (κ3) is 3.47. The van der Waals surface area contributed by atoms with Gasteiger partial charge in [-0.25, -0.2) is 0 Å². The summed E-state index contributed by atoms with van der Waals surface area (Å²) in [6, 6.07) is 0.781. The van der Waals surface area contributed by atoms with Crippen molar-refractivity contribution in [1.29, 1.82) is 0 Å². The van der Waals surface area contributed by atoms with Crippen LogP contribution in [0.4, 0.5) is 0 Å². The molecule has 2 aliphatic carbocycles. The molecule has 1 aliphatic heterocycles. The smallest absolute Gasteiger partial charge is 0.223 e. The summed E-state index contributed by atoms with van der Waals surface area (Å²) in [5.74, 6) is 1.62. The number of likely N-dealkylation sites (N-methyl/N-ethyl adjacent to an activating group) is 2. The molecule has 0 aromatic carbocycles. The van der Waals surface area contributed by atoms with E-state index in [0.717, 1.165) is 39.0 Å². The quantitative estimate of drug-likeness (QED) is 0.797. The Hall–Kier alpha value is -0.650. The number of fused-ring (bicyclic) bond motifs is 2. The first kappa shape index (κ1) is 16.2. The highest BCUT2D eigenvalue weighted by Crippen LogP contribution is 2.41. The van der Waals surface area contributed by atoms with Crippen molar-refractivity contribution in [2.75, 3.05) is 40.3 Å². The maximum Gasteiger partial charge on any atom is 0.223 e. The van der Waals surface area contributed by atoms with Crippen LogP contribution in [0.2, 0.25) is 0 Å². The minimum atomic E-state index is 0.196. The number of piperazine rings is 1. The Kier molecular flexibility index (Phi) is 5.05. The van der Waals surface area contributed by atoms with Crippen molar-refractivity contribution >= 4 is 5.91 Å². The Labute approximate surface area is 134 Å². The first-order chi connectivity index (χ1) is 10.5. The second kappa shape index (κ2) is 6.85. The normalized spacial score (nSPS) is 40.4. The summed E-state index contributed by atoms with van der Waals surface area (Å²) >= 11 is 0. The van der Waals surface area contributed by atoms with Gasteiger partial charge < -0.3 is 16.0 Å². The lowest BCUT2D eigenvalue weighted by molar-refractivity contribution is -0.128. The summed E-state index contributed by atoms with van der Waals surface area (Å²) in [5, 5.41) is 3.23. The third-order valence-electron chi connectivity index (χ3n) is 6.28. The average molecular weight is 308 g/mol. The van der Waals surface area contributed by atoms with E-state index in [1.807, 2.05) is 0 Å². The number of rotatable bonds is 3. The summed E-state index contributed by atoms with van der Waals surface area (Å²) < 4.78 is 0. The Bertz CT molecular complexity index is 388. The van der Waals surface area contributed by atoms with E-state index in [-0.39, 0.29) is 11.8 Å². The van der Waals surface area contributed by atoms with Crippen molar-refractivity contribution in [2.24, 2.45) is 23.5 Å². The molecule has 2 bridgehead atoms. The van der Waals surface area contributed by atoms with E-state index >= 15 is 0 Å². The van der Waals surface area contributed by atoms with Crippen LogP contribution >= 0.6 is 0 Å². The fourth-order valence-corrected chi connectivity index (χ4v) is 4.69. The molecule has 0 spiro atoms. The fraction of sp³-hybridized carbons (Fsp3) is 0.941. The standard InChI is InChI=1S/C17H32N4O/c1-20-6-7-21(2)15(11-20)10-19-17(22)14-8-12-4-3-5-13(9-14)16(12)18/h12-16H,3-11,18H2,1-2H3,(H,19,22). The lowest BCUT2D eigenvalue weighted by Gasteiger charge is -2.43. The molecule has 3 aliphatic rings. The SMILES string of the molecule is CN1CCN(C)C(CNC(=O)C2CC3CCCC(C2)C3N)C1. The van der Waals surface area contributed by atoms with Crippen LogP contribution in [0.25, 0.3) is 0 Å². The monoisotopic (exact) mass is 308 g/mol. The zero-order chi connectivity index (χ0) is 15.7. The molecule has 1 amide bonds. The lowest BCUT2D eigenvalue weighted by atomic mass is 9.65. The minimum Gasteiger partial charge on any atom is -0.354 e. The van der Waals surface area contributed by atoms with Gasteiger partial charge >= 0.3 is 0 Å². The molecule has 3 unspecified atom stereocenters. The number of nitrogens with two attached hydrogens (primary N) is 1. The maximum absolute atomic E-state index is 12.6. The summed E-state index contributed by atoms with van der Waals surface area (Å²) in [4.78, 5) is 17.3. The minimum absolute atomic E-state index is 0.196. The van der Waals surface area contributed by atoms with E-state index in [1.165, 1.54) is 19.3 Å². The predicted molar refractivity (Wildman–Crippen MR) is 88.5 cm³/mol. The molecule has 126 valence electrons. The summed E-state index contributed by atoms with van der Waals surface area (Å²) in [5.41, 5.74) is 6.33. The predicted octanol–water partition coefficient (Wildman–Crippen LogP) is 0.502. The van der Waals surface area contributed by atoms with Gasteiger partial charge in [-0.3, -0.25) is 9.69 Å². The molecule has 5 nitrogen and oxygen atoms in total. The summed E-state index contributed by atoms with van der Waals surface area (Å²) in [7, 11) is 4.32. The van der Waals surface area contributed by atoms with E-state index in [2.05, 4.69) is 29.2 Å². The Morgan fingerprint density at radius 1 is 1.18 bits per heavy atom. The molecule has 3 atom stereocenters. The van der Waals surface area contributed by atoms with Gasteiger partial charge in [-0.2, -0.15) is 0 Å². The number of hydrogen-bond acceptors (Lipinski definition) is 4. The molecule has 0 aromatic rings. The number of nitrogens with zero attached hydrogens (tertiary/aromatic N) is 2. The van der Waals surface area contributed by atoms with Gasteiger partial charge in [-0.05, 0) is 51.6 Å². The molecular weight excluding hydrogens is 276 g/mol.